The van der Waals surface area contributed by atoms with Crippen molar-refractivity contribution in [2.24, 2.45) is 11.8 Å². The van der Waals surface area contributed by atoms with Crippen molar-refractivity contribution in [2.45, 2.75) is 70.6 Å². The minimum absolute atomic E-state index is 0.0492. The Labute approximate surface area is 195 Å². The Bertz CT molecular complexity index is 886. The first-order valence-corrected chi connectivity index (χ1v) is 12.3. The number of carbonyl (C=O) groups excluding carboxylic acids is 2. The molecule has 0 aromatic heterocycles. The van der Waals surface area contributed by atoms with E-state index in [2.05, 4.69) is 28.2 Å². The largest absolute Gasteiger partial charge is 0.490 e. The first-order valence-electron chi connectivity index (χ1n) is 12.3. The second-order valence-corrected chi connectivity index (χ2v) is 9.45. The van der Waals surface area contributed by atoms with Crippen molar-refractivity contribution < 1.29 is 18.7 Å². The fraction of sp³-hybridized carbons (Fsp3) is 0.600. The summed E-state index contributed by atoms with van der Waals surface area (Å²) in [6, 6.07) is 5.24. The Morgan fingerprint density at radius 2 is 2.06 bits per heavy atom. The smallest absolute Gasteiger partial charge is 0.229 e. The first kappa shape index (κ1) is 23.5. The van der Waals surface area contributed by atoms with E-state index in [1.54, 1.807) is 0 Å². The lowest BCUT2D eigenvalue weighted by Gasteiger charge is -2.27. The molecule has 8 heteroatoms. The van der Waals surface area contributed by atoms with Crippen molar-refractivity contribution in [3.63, 3.8) is 0 Å². The summed E-state index contributed by atoms with van der Waals surface area (Å²) in [6.07, 6.45) is 9.97. The summed E-state index contributed by atoms with van der Waals surface area (Å²) in [7, 11) is 0. The van der Waals surface area contributed by atoms with Crippen LogP contribution < -0.4 is 21.0 Å². The van der Waals surface area contributed by atoms with Gasteiger partial charge in [-0.2, -0.15) is 0 Å². The van der Waals surface area contributed by atoms with Crippen molar-refractivity contribution in [1.29, 1.82) is 0 Å². The lowest BCUT2D eigenvalue weighted by molar-refractivity contribution is -0.136. The number of benzene rings is 1. The van der Waals surface area contributed by atoms with Gasteiger partial charge in [0.15, 0.2) is 11.6 Å². The van der Waals surface area contributed by atoms with E-state index in [0.717, 1.165) is 44.2 Å². The quantitative estimate of drug-likeness (QED) is 0.326. The molecular weight excluding hydrogens is 423 g/mol. The van der Waals surface area contributed by atoms with E-state index in [9.17, 15) is 14.0 Å². The first-order chi connectivity index (χ1) is 16.0. The zero-order valence-corrected chi connectivity index (χ0v) is 19.4. The third-order valence-electron chi connectivity index (χ3n) is 6.87. The number of unbranched alkanes of at least 4 members (excludes halogenated alkanes) is 1. The van der Waals surface area contributed by atoms with Gasteiger partial charge >= 0.3 is 0 Å². The SMILES string of the molecule is CCC(CN1NNC=C1CCCCC1CCC(=O)NC1=O)c1ccc(F)c(OCC2CC2)c1. The Hall–Kier alpha value is -2.61. The monoisotopic (exact) mass is 458 g/mol. The second-order valence-electron chi connectivity index (χ2n) is 9.45. The summed E-state index contributed by atoms with van der Waals surface area (Å²) in [5.74, 6) is 0.536. The lowest BCUT2D eigenvalue weighted by atomic mass is 9.92. The van der Waals surface area contributed by atoms with Crippen LogP contribution in [0.3, 0.4) is 0 Å². The zero-order chi connectivity index (χ0) is 23.2. The molecule has 0 radical (unpaired) electrons. The van der Waals surface area contributed by atoms with Gasteiger partial charge in [-0.3, -0.25) is 19.9 Å². The van der Waals surface area contributed by atoms with Gasteiger partial charge in [0.25, 0.3) is 0 Å². The highest BCUT2D eigenvalue weighted by Crippen LogP contribution is 2.32. The third kappa shape index (κ3) is 6.47. The molecular formula is C25H35FN4O3. The molecule has 7 nitrogen and oxygen atoms in total. The van der Waals surface area contributed by atoms with Crippen LogP contribution in [0.1, 0.15) is 76.2 Å². The topological polar surface area (TPSA) is 82.7 Å². The van der Waals surface area contributed by atoms with Crippen molar-refractivity contribution in [3.8, 4) is 5.75 Å². The van der Waals surface area contributed by atoms with Gasteiger partial charge in [-0.15, -0.1) is 5.53 Å². The number of nitrogens with zero attached hydrogens (tertiary/aromatic N) is 1. The number of rotatable bonds is 12. The molecule has 2 atom stereocenters. The number of hydrogen-bond acceptors (Lipinski definition) is 6. The molecule has 2 amide bonds. The van der Waals surface area contributed by atoms with E-state index in [0.29, 0.717) is 31.1 Å². The molecule has 2 aliphatic heterocycles. The van der Waals surface area contributed by atoms with Crippen LogP contribution in [0.4, 0.5) is 4.39 Å². The summed E-state index contributed by atoms with van der Waals surface area (Å²) >= 11 is 0. The molecule has 0 spiro atoms. The predicted octanol–water partition coefficient (Wildman–Crippen LogP) is 3.89. The van der Waals surface area contributed by atoms with Crippen LogP contribution in [0, 0.1) is 17.7 Å². The highest BCUT2D eigenvalue weighted by atomic mass is 19.1. The third-order valence-corrected chi connectivity index (χ3v) is 6.87. The molecule has 2 unspecified atom stereocenters. The summed E-state index contributed by atoms with van der Waals surface area (Å²) in [6.45, 7) is 3.50. The zero-order valence-electron chi connectivity index (χ0n) is 19.4. The molecule has 1 saturated carbocycles. The van der Waals surface area contributed by atoms with Gasteiger partial charge in [0.05, 0.1) is 6.61 Å². The molecule has 1 aliphatic carbocycles. The summed E-state index contributed by atoms with van der Waals surface area (Å²) in [4.78, 5) is 23.2. The number of imide groups is 1. The summed E-state index contributed by atoms with van der Waals surface area (Å²) in [5.41, 5.74) is 8.54. The Kier molecular flexibility index (Phi) is 7.85. The number of amides is 2. The number of nitrogens with one attached hydrogen (secondary N) is 3. The summed E-state index contributed by atoms with van der Waals surface area (Å²) in [5, 5.41) is 4.56. The maximum absolute atomic E-state index is 14.2. The van der Waals surface area contributed by atoms with Crippen molar-refractivity contribution >= 4 is 11.8 Å². The van der Waals surface area contributed by atoms with Gasteiger partial charge in [0.2, 0.25) is 11.8 Å². The van der Waals surface area contributed by atoms with Crippen LogP contribution >= 0.6 is 0 Å². The fourth-order valence-electron chi connectivity index (χ4n) is 4.49. The van der Waals surface area contributed by atoms with Crippen LogP contribution in [-0.2, 0) is 9.59 Å². The molecule has 1 aromatic rings. The average molecular weight is 459 g/mol. The van der Waals surface area contributed by atoms with E-state index in [1.807, 2.05) is 18.3 Å². The minimum Gasteiger partial charge on any atom is -0.490 e. The number of piperidine rings is 1. The highest BCUT2D eigenvalue weighted by molar-refractivity contribution is 5.98. The van der Waals surface area contributed by atoms with Crippen LogP contribution in [0.2, 0.25) is 0 Å². The number of carbonyl (C=O) groups is 2. The van der Waals surface area contributed by atoms with Gasteiger partial charge in [0.1, 0.15) is 0 Å². The molecule has 3 aliphatic rings. The average Bonchev–Trinajstić information content (AvgIpc) is 3.53. The van der Waals surface area contributed by atoms with Crippen molar-refractivity contribution in [3.05, 3.63) is 41.5 Å². The van der Waals surface area contributed by atoms with Crippen LogP contribution in [-0.4, -0.2) is 30.0 Å². The Morgan fingerprint density at radius 1 is 1.21 bits per heavy atom. The second kappa shape index (κ2) is 11.0. The number of hydrazine groups is 2. The van der Waals surface area contributed by atoms with E-state index >= 15 is 0 Å². The molecule has 2 heterocycles. The number of ether oxygens (including phenoxy) is 1. The molecule has 180 valence electrons. The lowest BCUT2D eigenvalue weighted by Crippen LogP contribution is -2.40. The predicted molar refractivity (Wildman–Crippen MR) is 123 cm³/mol. The van der Waals surface area contributed by atoms with E-state index < -0.39 is 0 Å². The van der Waals surface area contributed by atoms with E-state index in [1.165, 1.54) is 24.6 Å². The maximum atomic E-state index is 14.2. The van der Waals surface area contributed by atoms with Crippen molar-refractivity contribution in [1.82, 2.24) is 21.3 Å². The standard InChI is InChI=1S/C25H35FN4O3/c1-2-18(20-9-11-22(26)23(13-20)33-16-17-7-8-17)15-30-21(14-27-29-30)6-4-3-5-19-10-12-24(31)28-25(19)32/h9,11,13-14,17-19,27,29H,2-8,10,12,15-16H2,1H3,(H,28,31,32). The normalized spacial score (nSPS) is 21.5. The van der Waals surface area contributed by atoms with Crippen LogP contribution in [0.15, 0.2) is 30.1 Å². The van der Waals surface area contributed by atoms with Crippen molar-refractivity contribution in [2.75, 3.05) is 13.2 Å². The van der Waals surface area contributed by atoms with Gasteiger partial charge in [-0.05, 0) is 68.6 Å². The van der Waals surface area contributed by atoms with E-state index in [-0.39, 0.29) is 29.5 Å². The molecule has 3 N–H and O–H groups in total. The molecule has 1 saturated heterocycles. The maximum Gasteiger partial charge on any atom is 0.229 e. The molecule has 4 rings (SSSR count). The number of hydrogen-bond donors (Lipinski definition) is 3. The minimum atomic E-state index is -0.299. The Balaban J connectivity index is 1.26. The molecule has 0 bridgehead atoms. The highest BCUT2D eigenvalue weighted by Gasteiger charge is 2.26. The van der Waals surface area contributed by atoms with E-state index in [4.69, 9.17) is 4.74 Å². The molecule has 33 heavy (non-hydrogen) atoms. The molecule has 1 aromatic carbocycles. The number of halogens is 1. The van der Waals surface area contributed by atoms with Crippen LogP contribution in [0.25, 0.3) is 0 Å². The van der Waals surface area contributed by atoms with Gasteiger partial charge in [-0.25, -0.2) is 4.39 Å². The van der Waals surface area contributed by atoms with Gasteiger partial charge < -0.3 is 10.2 Å². The molecule has 2 fully saturated rings. The number of allylic oxidation sites excluding steroid dienone is 1. The Morgan fingerprint density at radius 3 is 2.82 bits per heavy atom. The van der Waals surface area contributed by atoms with Crippen LogP contribution in [0.5, 0.6) is 5.75 Å². The summed E-state index contributed by atoms with van der Waals surface area (Å²) < 4.78 is 20.0. The van der Waals surface area contributed by atoms with Gasteiger partial charge in [-0.1, -0.05) is 19.4 Å². The fourth-order valence-corrected chi connectivity index (χ4v) is 4.49. The van der Waals surface area contributed by atoms with Gasteiger partial charge in [0, 0.05) is 36.7 Å².